The Morgan fingerprint density at radius 3 is 2.39 bits per heavy atom. The van der Waals surface area contributed by atoms with Gasteiger partial charge in [-0.3, -0.25) is 9.59 Å². The molecule has 0 aromatic heterocycles. The number of carbonyl (C=O) groups excluding carboxylic acids is 2. The van der Waals surface area contributed by atoms with Gasteiger partial charge in [-0.1, -0.05) is 30.3 Å². The molecule has 0 N–H and O–H groups in total. The number of ether oxygens (including phenoxy) is 3. The van der Waals surface area contributed by atoms with Crippen LogP contribution >= 0.6 is 0 Å². The molecule has 2 fully saturated rings. The number of hydrogen-bond acceptors (Lipinski definition) is 5. The molecule has 0 aliphatic carbocycles. The summed E-state index contributed by atoms with van der Waals surface area (Å²) in [5.41, 5.74) is 0.865. The third-order valence-electron chi connectivity index (χ3n) is 6.37. The first kappa shape index (κ1) is 21.4. The van der Waals surface area contributed by atoms with Gasteiger partial charge in [-0.05, 0) is 55.5 Å². The fourth-order valence-electron chi connectivity index (χ4n) is 4.50. The fourth-order valence-corrected chi connectivity index (χ4v) is 4.50. The Morgan fingerprint density at radius 1 is 1.06 bits per heavy atom. The molecule has 2 aliphatic rings. The van der Waals surface area contributed by atoms with Gasteiger partial charge in [0.25, 0.3) is 5.91 Å². The molecule has 0 saturated carbocycles. The van der Waals surface area contributed by atoms with Crippen molar-refractivity contribution in [2.75, 3.05) is 33.4 Å². The van der Waals surface area contributed by atoms with Gasteiger partial charge in [0, 0.05) is 25.3 Å². The summed E-state index contributed by atoms with van der Waals surface area (Å²) < 4.78 is 16.5. The van der Waals surface area contributed by atoms with Crippen LogP contribution in [0, 0.1) is 0 Å². The van der Waals surface area contributed by atoms with Crippen molar-refractivity contribution in [1.29, 1.82) is 0 Å². The van der Waals surface area contributed by atoms with Crippen LogP contribution in [-0.2, 0) is 19.7 Å². The van der Waals surface area contributed by atoms with E-state index in [1.165, 1.54) is 7.11 Å². The van der Waals surface area contributed by atoms with E-state index in [1.807, 2.05) is 47.4 Å². The van der Waals surface area contributed by atoms with Crippen molar-refractivity contribution in [3.63, 3.8) is 0 Å². The first-order valence-corrected chi connectivity index (χ1v) is 10.9. The van der Waals surface area contributed by atoms with E-state index in [4.69, 9.17) is 14.2 Å². The highest BCUT2D eigenvalue weighted by atomic mass is 16.5. The fraction of sp³-hybridized carbons (Fsp3) is 0.440. The van der Waals surface area contributed by atoms with E-state index in [-0.39, 0.29) is 18.0 Å². The Hall–Kier alpha value is -2.86. The third kappa shape index (κ3) is 4.59. The minimum atomic E-state index is -0.702. The number of hydrogen-bond donors (Lipinski definition) is 0. The zero-order valence-electron chi connectivity index (χ0n) is 17.9. The molecule has 2 aliphatic heterocycles. The van der Waals surface area contributed by atoms with Crippen LogP contribution in [0.5, 0.6) is 5.75 Å². The van der Waals surface area contributed by atoms with E-state index < -0.39 is 5.41 Å². The SMILES string of the molecule is COC(=O)C1(c2ccccc2)CCN(C(=O)c2ccc(OCC3CCCO3)cc2)CC1. The summed E-state index contributed by atoms with van der Waals surface area (Å²) in [5, 5.41) is 0. The largest absolute Gasteiger partial charge is 0.491 e. The monoisotopic (exact) mass is 423 g/mol. The smallest absolute Gasteiger partial charge is 0.316 e. The molecular weight excluding hydrogens is 394 g/mol. The molecule has 1 unspecified atom stereocenters. The van der Waals surface area contributed by atoms with Gasteiger partial charge < -0.3 is 19.1 Å². The normalized spacial score (nSPS) is 20.3. The lowest BCUT2D eigenvalue weighted by atomic mass is 9.72. The quantitative estimate of drug-likeness (QED) is 0.665. The molecule has 1 atom stereocenters. The summed E-state index contributed by atoms with van der Waals surface area (Å²) in [4.78, 5) is 27.5. The number of esters is 1. The van der Waals surface area contributed by atoms with Gasteiger partial charge in [-0.25, -0.2) is 0 Å². The van der Waals surface area contributed by atoms with Crippen molar-refractivity contribution in [2.45, 2.75) is 37.2 Å². The van der Waals surface area contributed by atoms with Crippen molar-refractivity contribution >= 4 is 11.9 Å². The van der Waals surface area contributed by atoms with Gasteiger partial charge in [0.1, 0.15) is 12.4 Å². The Kier molecular flexibility index (Phi) is 6.56. The molecule has 164 valence electrons. The molecule has 1 amide bonds. The van der Waals surface area contributed by atoms with E-state index in [0.29, 0.717) is 38.1 Å². The highest BCUT2D eigenvalue weighted by Gasteiger charge is 2.44. The molecule has 6 heteroatoms. The number of piperidine rings is 1. The molecule has 0 spiro atoms. The average molecular weight is 424 g/mol. The number of nitrogens with zero attached hydrogens (tertiary/aromatic N) is 1. The van der Waals surface area contributed by atoms with Crippen molar-refractivity contribution in [1.82, 2.24) is 4.90 Å². The van der Waals surface area contributed by atoms with Crippen LogP contribution in [0.25, 0.3) is 0 Å². The zero-order valence-corrected chi connectivity index (χ0v) is 17.9. The summed E-state index contributed by atoms with van der Waals surface area (Å²) in [5.74, 6) is 0.468. The van der Waals surface area contributed by atoms with Crippen LogP contribution in [0.3, 0.4) is 0 Å². The van der Waals surface area contributed by atoms with Gasteiger partial charge in [0.2, 0.25) is 0 Å². The maximum Gasteiger partial charge on any atom is 0.316 e. The van der Waals surface area contributed by atoms with Crippen LogP contribution in [-0.4, -0.2) is 56.3 Å². The number of carbonyl (C=O) groups is 2. The van der Waals surface area contributed by atoms with E-state index in [9.17, 15) is 9.59 Å². The molecule has 4 rings (SSSR count). The second kappa shape index (κ2) is 9.52. The van der Waals surface area contributed by atoms with Gasteiger partial charge in [0.15, 0.2) is 0 Å². The van der Waals surface area contributed by atoms with Crippen LogP contribution in [0.15, 0.2) is 54.6 Å². The minimum Gasteiger partial charge on any atom is -0.491 e. The second-order valence-electron chi connectivity index (χ2n) is 8.20. The first-order valence-electron chi connectivity index (χ1n) is 10.9. The topological polar surface area (TPSA) is 65.1 Å². The lowest BCUT2D eigenvalue weighted by molar-refractivity contribution is -0.149. The summed E-state index contributed by atoms with van der Waals surface area (Å²) in [7, 11) is 1.42. The molecule has 2 saturated heterocycles. The summed E-state index contributed by atoms with van der Waals surface area (Å²) >= 11 is 0. The van der Waals surface area contributed by atoms with E-state index >= 15 is 0 Å². The van der Waals surface area contributed by atoms with E-state index in [0.717, 1.165) is 30.8 Å². The molecule has 2 aromatic rings. The standard InChI is InChI=1S/C25H29NO5/c1-29-24(28)25(20-6-3-2-4-7-20)13-15-26(16-14-25)23(27)19-9-11-21(12-10-19)31-18-22-8-5-17-30-22/h2-4,6-7,9-12,22H,5,8,13-18H2,1H3. The minimum absolute atomic E-state index is 0.0304. The van der Waals surface area contributed by atoms with Crippen molar-refractivity contribution in [3.8, 4) is 5.75 Å². The highest BCUT2D eigenvalue weighted by molar-refractivity contribution is 5.94. The molecule has 0 bridgehead atoms. The van der Waals surface area contributed by atoms with Crippen LogP contribution in [0.2, 0.25) is 0 Å². The Morgan fingerprint density at radius 2 is 1.77 bits per heavy atom. The van der Waals surface area contributed by atoms with Gasteiger partial charge in [-0.2, -0.15) is 0 Å². The average Bonchev–Trinajstić information content (AvgIpc) is 3.36. The van der Waals surface area contributed by atoms with Crippen molar-refractivity contribution in [3.05, 3.63) is 65.7 Å². The van der Waals surface area contributed by atoms with Gasteiger partial charge in [-0.15, -0.1) is 0 Å². The predicted octanol–water partition coefficient (Wildman–Crippen LogP) is 3.59. The maximum atomic E-state index is 13.0. The molecule has 0 radical (unpaired) electrons. The summed E-state index contributed by atoms with van der Waals surface area (Å²) in [6.45, 7) is 2.34. The number of amides is 1. The number of benzene rings is 2. The molecule has 2 heterocycles. The molecule has 2 aromatic carbocycles. The maximum absolute atomic E-state index is 13.0. The van der Waals surface area contributed by atoms with Crippen LogP contribution in [0.4, 0.5) is 0 Å². The lowest BCUT2D eigenvalue weighted by Crippen LogP contribution is -2.49. The van der Waals surface area contributed by atoms with Crippen molar-refractivity contribution in [2.24, 2.45) is 0 Å². The third-order valence-corrected chi connectivity index (χ3v) is 6.37. The predicted molar refractivity (Wildman–Crippen MR) is 116 cm³/mol. The second-order valence-corrected chi connectivity index (χ2v) is 8.20. The molecular formula is C25H29NO5. The van der Waals surface area contributed by atoms with E-state index in [2.05, 4.69) is 0 Å². The zero-order chi connectivity index (χ0) is 21.7. The summed E-state index contributed by atoms with van der Waals surface area (Å²) in [6, 6.07) is 17.0. The van der Waals surface area contributed by atoms with E-state index in [1.54, 1.807) is 12.1 Å². The van der Waals surface area contributed by atoms with Crippen molar-refractivity contribution < 1.29 is 23.8 Å². The number of likely N-dealkylation sites (tertiary alicyclic amines) is 1. The molecule has 6 nitrogen and oxygen atoms in total. The summed E-state index contributed by atoms with van der Waals surface area (Å²) in [6.07, 6.45) is 3.35. The van der Waals surface area contributed by atoms with Crippen LogP contribution < -0.4 is 4.74 Å². The molecule has 31 heavy (non-hydrogen) atoms. The van der Waals surface area contributed by atoms with Crippen LogP contribution in [0.1, 0.15) is 41.6 Å². The first-order chi connectivity index (χ1) is 15.1. The Bertz CT molecular complexity index is 882. The Labute approximate surface area is 183 Å². The van der Waals surface area contributed by atoms with Gasteiger partial charge >= 0.3 is 5.97 Å². The number of rotatable bonds is 6. The van der Waals surface area contributed by atoms with Gasteiger partial charge in [0.05, 0.1) is 18.6 Å². The number of methoxy groups -OCH3 is 1. The lowest BCUT2D eigenvalue weighted by Gasteiger charge is -2.40. The highest BCUT2D eigenvalue weighted by Crippen LogP contribution is 2.37. The Balaban J connectivity index is 1.38.